The predicted octanol–water partition coefficient (Wildman–Crippen LogP) is 2.78. The summed E-state index contributed by atoms with van der Waals surface area (Å²) in [5, 5.41) is 0. The van der Waals surface area contributed by atoms with Crippen LogP contribution in [0.25, 0.3) is 0 Å². The van der Waals surface area contributed by atoms with Gasteiger partial charge in [-0.1, -0.05) is 48.5 Å². The van der Waals surface area contributed by atoms with Gasteiger partial charge in [0.1, 0.15) is 5.75 Å². The monoisotopic (exact) mass is 346 g/mol. The van der Waals surface area contributed by atoms with Crippen LogP contribution >= 0.6 is 0 Å². The van der Waals surface area contributed by atoms with Crippen molar-refractivity contribution in [2.24, 2.45) is 5.73 Å². The number of carbonyl (C=O) groups is 1. The number of benzene rings is 2. The Bertz CT molecular complexity index is 724. The van der Waals surface area contributed by atoms with Crippen molar-refractivity contribution in [3.05, 3.63) is 65.7 Å². The summed E-state index contributed by atoms with van der Waals surface area (Å²) in [5.74, 6) is -0.0224. The van der Waals surface area contributed by atoms with Crippen LogP contribution in [-0.2, 0) is 11.2 Å². The van der Waals surface area contributed by atoms with Gasteiger partial charge in [-0.3, -0.25) is 4.79 Å². The van der Waals surface area contributed by atoms with E-state index >= 15 is 0 Å². The van der Waals surface area contributed by atoms with Crippen molar-refractivity contribution >= 4 is 5.91 Å². The number of likely N-dealkylation sites (tertiary alicyclic amines) is 1. The number of rotatable bonds is 5. The standard InChI is InChI=1S/C19H20F2N2O2/c20-19(21)25-17-9-5-4-8-14(17)10-18(24)23-11-15(16(22)12-23)13-6-2-1-3-7-13/h1-9,15-16,19H,10-12,22H2/t15-,16+/m0/s1. The smallest absolute Gasteiger partial charge is 0.387 e. The molecule has 6 heteroatoms. The molecule has 1 aliphatic heterocycles. The van der Waals surface area contributed by atoms with E-state index in [0.29, 0.717) is 18.7 Å². The van der Waals surface area contributed by atoms with E-state index in [9.17, 15) is 13.6 Å². The summed E-state index contributed by atoms with van der Waals surface area (Å²) in [6, 6.07) is 16.1. The average molecular weight is 346 g/mol. The van der Waals surface area contributed by atoms with E-state index in [4.69, 9.17) is 5.73 Å². The molecule has 0 bridgehead atoms. The van der Waals surface area contributed by atoms with Crippen molar-refractivity contribution in [1.82, 2.24) is 4.90 Å². The molecule has 2 aromatic carbocycles. The van der Waals surface area contributed by atoms with E-state index in [1.807, 2.05) is 30.3 Å². The Kier molecular flexibility index (Phi) is 5.28. The summed E-state index contributed by atoms with van der Waals surface area (Å²) in [6.45, 7) is -1.93. The highest BCUT2D eigenvalue weighted by molar-refractivity contribution is 5.80. The molecule has 1 aliphatic rings. The number of hydrogen-bond donors (Lipinski definition) is 1. The highest BCUT2D eigenvalue weighted by Crippen LogP contribution is 2.28. The van der Waals surface area contributed by atoms with Crippen LogP contribution < -0.4 is 10.5 Å². The van der Waals surface area contributed by atoms with Crippen molar-refractivity contribution in [3.63, 3.8) is 0 Å². The molecule has 0 saturated carbocycles. The minimum Gasteiger partial charge on any atom is -0.435 e. The van der Waals surface area contributed by atoms with Crippen molar-refractivity contribution in [1.29, 1.82) is 0 Å². The van der Waals surface area contributed by atoms with Gasteiger partial charge in [-0.2, -0.15) is 8.78 Å². The molecule has 1 heterocycles. The van der Waals surface area contributed by atoms with Crippen molar-refractivity contribution in [3.8, 4) is 5.75 Å². The number of alkyl halides is 2. The van der Waals surface area contributed by atoms with E-state index in [2.05, 4.69) is 4.74 Å². The van der Waals surface area contributed by atoms with Gasteiger partial charge in [-0.15, -0.1) is 0 Å². The second-order valence-electron chi connectivity index (χ2n) is 6.14. The third kappa shape index (κ3) is 4.14. The van der Waals surface area contributed by atoms with Crippen LogP contribution in [0.4, 0.5) is 8.78 Å². The van der Waals surface area contributed by atoms with E-state index in [1.165, 1.54) is 6.07 Å². The number of halogens is 2. The highest BCUT2D eigenvalue weighted by Gasteiger charge is 2.33. The minimum absolute atomic E-state index is 0.0110. The summed E-state index contributed by atoms with van der Waals surface area (Å²) in [6.07, 6.45) is 0.0110. The largest absolute Gasteiger partial charge is 0.435 e. The Morgan fingerprint density at radius 1 is 1.12 bits per heavy atom. The van der Waals surface area contributed by atoms with E-state index in [-0.39, 0.29) is 30.0 Å². The zero-order valence-corrected chi connectivity index (χ0v) is 13.6. The number of para-hydroxylation sites is 1. The Morgan fingerprint density at radius 2 is 1.80 bits per heavy atom. The molecule has 0 radical (unpaired) electrons. The number of ether oxygens (including phenoxy) is 1. The maximum absolute atomic E-state index is 12.6. The Balaban J connectivity index is 1.69. The van der Waals surface area contributed by atoms with E-state index in [1.54, 1.807) is 23.1 Å². The lowest BCUT2D eigenvalue weighted by molar-refractivity contribution is -0.129. The fraction of sp³-hybridized carbons (Fsp3) is 0.316. The van der Waals surface area contributed by atoms with Crippen molar-refractivity contribution < 1.29 is 18.3 Å². The Morgan fingerprint density at radius 3 is 2.52 bits per heavy atom. The molecule has 25 heavy (non-hydrogen) atoms. The molecule has 1 fully saturated rings. The maximum Gasteiger partial charge on any atom is 0.387 e. The topological polar surface area (TPSA) is 55.6 Å². The van der Waals surface area contributed by atoms with Gasteiger partial charge in [0.2, 0.25) is 5.91 Å². The number of nitrogens with zero attached hydrogens (tertiary/aromatic N) is 1. The van der Waals surface area contributed by atoms with Gasteiger partial charge in [0.25, 0.3) is 0 Å². The second kappa shape index (κ2) is 7.61. The Labute approximate surface area is 145 Å². The van der Waals surface area contributed by atoms with Crippen LogP contribution in [0.3, 0.4) is 0 Å². The van der Waals surface area contributed by atoms with Gasteiger partial charge in [-0.05, 0) is 11.6 Å². The summed E-state index contributed by atoms with van der Waals surface area (Å²) < 4.78 is 29.5. The first-order valence-electron chi connectivity index (χ1n) is 8.15. The SMILES string of the molecule is N[C@@H]1CN(C(=O)Cc2ccccc2OC(F)F)C[C@H]1c1ccccc1. The average Bonchev–Trinajstić information content (AvgIpc) is 2.99. The molecule has 2 atom stereocenters. The molecule has 0 aromatic heterocycles. The third-order valence-corrected chi connectivity index (χ3v) is 4.48. The molecular formula is C19H20F2N2O2. The summed E-state index contributed by atoms with van der Waals surface area (Å²) >= 11 is 0. The van der Waals surface area contributed by atoms with Crippen LogP contribution in [0.5, 0.6) is 5.75 Å². The molecule has 4 nitrogen and oxygen atoms in total. The van der Waals surface area contributed by atoms with Crippen molar-refractivity contribution in [2.45, 2.75) is 25.0 Å². The van der Waals surface area contributed by atoms with Crippen LogP contribution in [0.15, 0.2) is 54.6 Å². The summed E-state index contributed by atoms with van der Waals surface area (Å²) in [5.41, 5.74) is 7.76. The summed E-state index contributed by atoms with van der Waals surface area (Å²) in [7, 11) is 0. The van der Waals surface area contributed by atoms with Gasteiger partial charge in [0.15, 0.2) is 0 Å². The Hall–Kier alpha value is -2.47. The molecule has 1 saturated heterocycles. The van der Waals surface area contributed by atoms with Crippen molar-refractivity contribution in [2.75, 3.05) is 13.1 Å². The first kappa shape index (κ1) is 17.4. The van der Waals surface area contributed by atoms with Gasteiger partial charge < -0.3 is 15.4 Å². The van der Waals surface area contributed by atoms with E-state index < -0.39 is 6.61 Å². The molecule has 0 aliphatic carbocycles. The predicted molar refractivity (Wildman–Crippen MR) is 90.5 cm³/mol. The molecular weight excluding hydrogens is 326 g/mol. The lowest BCUT2D eigenvalue weighted by Gasteiger charge is -2.18. The minimum atomic E-state index is -2.92. The van der Waals surface area contributed by atoms with Crippen LogP contribution in [0, 0.1) is 0 Å². The first-order chi connectivity index (χ1) is 12.0. The number of hydrogen-bond acceptors (Lipinski definition) is 3. The fourth-order valence-electron chi connectivity index (χ4n) is 3.22. The summed E-state index contributed by atoms with van der Waals surface area (Å²) in [4.78, 5) is 14.3. The second-order valence-corrected chi connectivity index (χ2v) is 6.14. The highest BCUT2D eigenvalue weighted by atomic mass is 19.3. The van der Waals surface area contributed by atoms with Crippen LogP contribution in [0.1, 0.15) is 17.0 Å². The molecule has 0 spiro atoms. The quantitative estimate of drug-likeness (QED) is 0.906. The number of carbonyl (C=O) groups excluding carboxylic acids is 1. The maximum atomic E-state index is 12.6. The zero-order chi connectivity index (χ0) is 17.8. The van der Waals surface area contributed by atoms with Gasteiger partial charge in [0.05, 0.1) is 6.42 Å². The molecule has 3 rings (SSSR count). The first-order valence-corrected chi connectivity index (χ1v) is 8.15. The van der Waals surface area contributed by atoms with E-state index in [0.717, 1.165) is 5.56 Å². The number of amides is 1. The van der Waals surface area contributed by atoms with Gasteiger partial charge in [-0.25, -0.2) is 0 Å². The zero-order valence-electron chi connectivity index (χ0n) is 13.6. The lowest BCUT2D eigenvalue weighted by atomic mass is 9.95. The molecule has 132 valence electrons. The van der Waals surface area contributed by atoms with Gasteiger partial charge >= 0.3 is 6.61 Å². The lowest BCUT2D eigenvalue weighted by Crippen LogP contribution is -2.33. The van der Waals surface area contributed by atoms with Crippen LogP contribution in [-0.4, -0.2) is 36.5 Å². The molecule has 2 aromatic rings. The number of nitrogens with two attached hydrogens (primary N) is 1. The normalized spacial score (nSPS) is 20.1. The van der Waals surface area contributed by atoms with Gasteiger partial charge in [0, 0.05) is 30.6 Å². The fourth-order valence-corrected chi connectivity index (χ4v) is 3.22. The van der Waals surface area contributed by atoms with Crippen LogP contribution in [0.2, 0.25) is 0 Å². The molecule has 2 N–H and O–H groups in total. The molecule has 0 unspecified atom stereocenters. The third-order valence-electron chi connectivity index (χ3n) is 4.48. The molecule has 1 amide bonds.